The molecule has 0 bridgehead atoms. The molecule has 0 aromatic heterocycles. The predicted octanol–water partition coefficient (Wildman–Crippen LogP) is 0.321. The van der Waals surface area contributed by atoms with Crippen molar-refractivity contribution in [2.75, 3.05) is 6.61 Å². The highest BCUT2D eigenvalue weighted by Gasteiger charge is 2.59. The summed E-state index contributed by atoms with van der Waals surface area (Å²) in [5, 5.41) is 8.83. The molecule has 1 saturated heterocycles. The molecular formula is C5H10F2O4P2. The first-order valence-electron chi connectivity index (χ1n) is 3.42. The minimum absolute atomic E-state index is 0.0869. The van der Waals surface area contributed by atoms with E-state index in [0.29, 0.717) is 0 Å². The molecule has 1 fully saturated rings. The fourth-order valence-corrected chi connectivity index (χ4v) is 1.66. The largest absolute Gasteiger partial charge is 0.363 e. The maximum absolute atomic E-state index is 13.0. The lowest BCUT2D eigenvalue weighted by molar-refractivity contribution is -0.196. The fourth-order valence-electron chi connectivity index (χ4n) is 1.12. The van der Waals surface area contributed by atoms with Crippen LogP contribution in [0.1, 0.15) is 0 Å². The Labute approximate surface area is 78.5 Å². The Kier molecular flexibility index (Phi) is 3.93. The van der Waals surface area contributed by atoms with Gasteiger partial charge in [-0.2, -0.15) is 8.78 Å². The Morgan fingerprint density at radius 2 is 2.08 bits per heavy atom. The topological polar surface area (TPSA) is 47.9 Å². The van der Waals surface area contributed by atoms with Crippen molar-refractivity contribution < 1.29 is 27.7 Å². The second-order valence-corrected chi connectivity index (χ2v) is 3.20. The summed E-state index contributed by atoms with van der Waals surface area (Å²) in [4.78, 5) is 0. The van der Waals surface area contributed by atoms with E-state index in [1.165, 1.54) is 0 Å². The molecule has 0 saturated carbocycles. The van der Waals surface area contributed by atoms with Crippen LogP contribution < -0.4 is 0 Å². The number of ether oxygens (including phenoxy) is 1. The number of halogens is 2. The molecule has 4 unspecified atom stereocenters. The standard InChI is InChI=1S/C5H10F2O4P2/c6-5(7)3(11-13)2(1-9-12)10-4(5)8/h2-4,8H,1,12-13H2/t2-,3?,4?/m1/s1. The van der Waals surface area contributed by atoms with Crippen LogP contribution in [-0.2, 0) is 13.8 Å². The molecule has 1 aliphatic rings. The molecule has 4 nitrogen and oxygen atoms in total. The van der Waals surface area contributed by atoms with Gasteiger partial charge in [-0.1, -0.05) is 0 Å². The number of hydrogen-bond acceptors (Lipinski definition) is 4. The second kappa shape index (κ2) is 4.39. The van der Waals surface area contributed by atoms with Gasteiger partial charge in [0.05, 0.1) is 6.61 Å². The van der Waals surface area contributed by atoms with E-state index in [2.05, 4.69) is 13.8 Å². The molecule has 13 heavy (non-hydrogen) atoms. The Balaban J connectivity index is 2.70. The van der Waals surface area contributed by atoms with Gasteiger partial charge in [-0.25, -0.2) is 0 Å². The molecule has 78 valence electrons. The molecule has 0 aromatic carbocycles. The molecule has 5 atom stereocenters. The van der Waals surface area contributed by atoms with E-state index in [9.17, 15) is 8.78 Å². The average Bonchev–Trinajstić information content (AvgIpc) is 2.24. The van der Waals surface area contributed by atoms with Gasteiger partial charge < -0.3 is 18.9 Å². The highest BCUT2D eigenvalue weighted by molar-refractivity contribution is 7.10. The van der Waals surface area contributed by atoms with E-state index in [0.717, 1.165) is 0 Å². The summed E-state index contributed by atoms with van der Waals surface area (Å²) in [6.07, 6.45) is -4.61. The summed E-state index contributed by atoms with van der Waals surface area (Å²) in [6, 6.07) is 0. The SMILES string of the molecule is OC1O[C@H](COP)C(OP)C1(F)F. The highest BCUT2D eigenvalue weighted by atomic mass is 31.0. The van der Waals surface area contributed by atoms with Gasteiger partial charge in [0.1, 0.15) is 6.10 Å². The van der Waals surface area contributed by atoms with Crippen LogP contribution in [0.3, 0.4) is 0 Å². The Bertz CT molecular complexity index is 182. The van der Waals surface area contributed by atoms with Crippen LogP contribution in [-0.4, -0.2) is 36.1 Å². The first kappa shape index (κ1) is 11.6. The van der Waals surface area contributed by atoms with Gasteiger partial charge in [0, 0.05) is 18.9 Å². The van der Waals surface area contributed by atoms with E-state index in [4.69, 9.17) is 5.11 Å². The Hall–Kier alpha value is 0.560. The molecule has 1 heterocycles. The number of aliphatic hydroxyl groups excluding tert-OH is 1. The lowest BCUT2D eigenvalue weighted by atomic mass is 10.1. The van der Waals surface area contributed by atoms with Gasteiger partial charge >= 0.3 is 5.92 Å². The monoisotopic (exact) mass is 234 g/mol. The van der Waals surface area contributed by atoms with Crippen LogP contribution in [0, 0.1) is 0 Å². The van der Waals surface area contributed by atoms with Crippen LogP contribution in [0.15, 0.2) is 0 Å². The van der Waals surface area contributed by atoms with Crippen molar-refractivity contribution in [3.63, 3.8) is 0 Å². The Morgan fingerprint density at radius 3 is 2.54 bits per heavy atom. The number of alkyl halides is 2. The maximum Gasteiger partial charge on any atom is 0.326 e. The highest BCUT2D eigenvalue weighted by Crippen LogP contribution is 2.38. The third kappa shape index (κ3) is 2.14. The summed E-state index contributed by atoms with van der Waals surface area (Å²) in [7, 11) is 3.63. The summed E-state index contributed by atoms with van der Waals surface area (Å²) in [5.74, 6) is -3.41. The van der Waals surface area contributed by atoms with Crippen molar-refractivity contribution in [2.45, 2.75) is 24.4 Å². The minimum atomic E-state index is -3.41. The van der Waals surface area contributed by atoms with Crippen LogP contribution in [0.4, 0.5) is 8.78 Å². The zero-order chi connectivity index (χ0) is 10.1. The molecule has 1 N–H and O–H groups in total. The molecule has 0 aliphatic carbocycles. The van der Waals surface area contributed by atoms with E-state index in [1.807, 2.05) is 9.47 Å². The summed E-state index contributed by atoms with van der Waals surface area (Å²) in [6.45, 7) is -0.0869. The lowest BCUT2D eigenvalue weighted by Gasteiger charge is -2.19. The zero-order valence-corrected chi connectivity index (χ0v) is 8.83. The van der Waals surface area contributed by atoms with Crippen molar-refractivity contribution in [3.05, 3.63) is 0 Å². The van der Waals surface area contributed by atoms with Gasteiger partial charge in [0.25, 0.3) is 0 Å². The van der Waals surface area contributed by atoms with Crippen LogP contribution >= 0.6 is 18.9 Å². The first-order chi connectivity index (χ1) is 6.04. The first-order valence-corrected chi connectivity index (χ1v) is 4.37. The third-order valence-electron chi connectivity index (χ3n) is 1.76. The van der Waals surface area contributed by atoms with Gasteiger partial charge in [-0.15, -0.1) is 0 Å². The molecule has 1 rings (SSSR count). The third-order valence-corrected chi connectivity index (χ3v) is 2.24. The molecule has 0 radical (unpaired) electrons. The summed E-state index contributed by atoms with van der Waals surface area (Å²) in [5.41, 5.74) is 0. The minimum Gasteiger partial charge on any atom is -0.363 e. The van der Waals surface area contributed by atoms with Crippen molar-refractivity contribution in [3.8, 4) is 0 Å². The van der Waals surface area contributed by atoms with Crippen molar-refractivity contribution >= 4 is 18.9 Å². The number of aliphatic hydroxyl groups is 1. The quantitative estimate of drug-likeness (QED) is 0.714. The second-order valence-electron chi connectivity index (χ2n) is 2.59. The van der Waals surface area contributed by atoms with Crippen LogP contribution in [0.25, 0.3) is 0 Å². The zero-order valence-electron chi connectivity index (χ0n) is 6.52. The Morgan fingerprint density at radius 1 is 1.46 bits per heavy atom. The van der Waals surface area contributed by atoms with Crippen molar-refractivity contribution in [2.24, 2.45) is 0 Å². The van der Waals surface area contributed by atoms with Gasteiger partial charge in [0.15, 0.2) is 6.10 Å². The maximum atomic E-state index is 13.0. The number of rotatable bonds is 3. The fraction of sp³-hybridized carbons (Fsp3) is 1.00. The van der Waals surface area contributed by atoms with Gasteiger partial charge in [0.2, 0.25) is 6.29 Å². The van der Waals surface area contributed by atoms with E-state index < -0.39 is 24.4 Å². The molecule has 0 amide bonds. The van der Waals surface area contributed by atoms with E-state index >= 15 is 0 Å². The number of hydrogen-bond donors (Lipinski definition) is 1. The average molecular weight is 234 g/mol. The van der Waals surface area contributed by atoms with Gasteiger partial charge in [-0.3, -0.25) is 0 Å². The normalized spacial score (nSPS) is 38.1. The summed E-state index contributed by atoms with van der Waals surface area (Å²) >= 11 is 0. The molecule has 0 aromatic rings. The summed E-state index contributed by atoms with van der Waals surface area (Å²) < 4.78 is 39.6. The van der Waals surface area contributed by atoms with E-state index in [1.54, 1.807) is 9.47 Å². The van der Waals surface area contributed by atoms with Crippen LogP contribution in [0.2, 0.25) is 0 Å². The molecule has 0 spiro atoms. The van der Waals surface area contributed by atoms with E-state index in [-0.39, 0.29) is 6.61 Å². The molecular weight excluding hydrogens is 224 g/mol. The lowest BCUT2D eigenvalue weighted by Crippen LogP contribution is -2.41. The predicted molar refractivity (Wildman–Crippen MR) is 46.1 cm³/mol. The van der Waals surface area contributed by atoms with Crippen molar-refractivity contribution in [1.82, 2.24) is 0 Å². The molecule has 1 aliphatic heterocycles. The van der Waals surface area contributed by atoms with Gasteiger partial charge in [-0.05, 0) is 0 Å². The smallest absolute Gasteiger partial charge is 0.326 e. The molecule has 8 heteroatoms. The van der Waals surface area contributed by atoms with Crippen LogP contribution in [0.5, 0.6) is 0 Å². The van der Waals surface area contributed by atoms with Crippen molar-refractivity contribution in [1.29, 1.82) is 0 Å².